The zero-order valence-corrected chi connectivity index (χ0v) is 11.4. The van der Waals surface area contributed by atoms with Crippen LogP contribution in [0.5, 0.6) is 0 Å². The second kappa shape index (κ2) is 6.40. The first-order valence-corrected chi connectivity index (χ1v) is 7.50. The normalized spacial score (nSPS) is 19.4. The highest BCUT2D eigenvalue weighted by Crippen LogP contribution is 2.25. The quantitative estimate of drug-likeness (QED) is 0.871. The van der Waals surface area contributed by atoms with Crippen molar-refractivity contribution in [2.75, 3.05) is 18.6 Å². The van der Waals surface area contributed by atoms with Gasteiger partial charge in [0.25, 0.3) is 0 Å². The molecule has 0 saturated carbocycles. The van der Waals surface area contributed by atoms with E-state index >= 15 is 0 Å². The Bertz CT molecular complexity index is 336. The van der Waals surface area contributed by atoms with Gasteiger partial charge in [-0.2, -0.15) is 16.7 Å². The van der Waals surface area contributed by atoms with E-state index in [1.807, 2.05) is 7.05 Å². The van der Waals surface area contributed by atoms with E-state index in [-0.39, 0.29) is 0 Å². The van der Waals surface area contributed by atoms with Gasteiger partial charge in [-0.25, -0.2) is 0 Å². The van der Waals surface area contributed by atoms with Crippen molar-refractivity contribution < 1.29 is 4.52 Å². The van der Waals surface area contributed by atoms with Crippen LogP contribution in [0.2, 0.25) is 0 Å². The van der Waals surface area contributed by atoms with Crippen LogP contribution in [-0.4, -0.2) is 34.7 Å². The number of likely N-dealkylation sites (N-methyl/N-ethyl adjacent to an activating group) is 1. The van der Waals surface area contributed by atoms with Crippen molar-refractivity contribution in [1.29, 1.82) is 0 Å². The predicted molar refractivity (Wildman–Crippen MR) is 70.3 cm³/mol. The lowest BCUT2D eigenvalue weighted by Gasteiger charge is -2.19. The molecule has 0 amide bonds. The Morgan fingerprint density at radius 3 is 2.94 bits per heavy atom. The molecule has 2 heterocycles. The second-order valence-corrected chi connectivity index (χ2v) is 5.98. The molecule has 0 spiro atoms. The number of hydrogen-bond donors (Lipinski definition) is 1. The van der Waals surface area contributed by atoms with Gasteiger partial charge in [0, 0.05) is 18.9 Å². The van der Waals surface area contributed by atoms with Crippen molar-refractivity contribution in [1.82, 2.24) is 15.5 Å². The van der Waals surface area contributed by atoms with Crippen molar-refractivity contribution in [3.8, 4) is 0 Å². The number of thioether (sulfide) groups is 1. The molecular weight excluding hydrogens is 234 g/mol. The smallest absolute Gasteiger partial charge is 0.226 e. The first-order valence-electron chi connectivity index (χ1n) is 6.34. The van der Waals surface area contributed by atoms with Gasteiger partial charge >= 0.3 is 0 Å². The van der Waals surface area contributed by atoms with Crippen LogP contribution in [0.3, 0.4) is 0 Å². The van der Waals surface area contributed by atoms with Crippen LogP contribution in [0.25, 0.3) is 0 Å². The fraction of sp³-hybridized carbons (Fsp3) is 0.833. The average Bonchev–Trinajstić information content (AvgIpc) is 2.77. The van der Waals surface area contributed by atoms with E-state index in [9.17, 15) is 0 Å². The van der Waals surface area contributed by atoms with Crippen LogP contribution in [0, 0.1) is 5.92 Å². The highest BCUT2D eigenvalue weighted by Gasteiger charge is 2.18. The fourth-order valence-electron chi connectivity index (χ4n) is 2.03. The average molecular weight is 255 g/mol. The van der Waals surface area contributed by atoms with E-state index in [4.69, 9.17) is 4.52 Å². The third kappa shape index (κ3) is 4.00. The lowest BCUT2D eigenvalue weighted by atomic mass is 9.99. The lowest BCUT2D eigenvalue weighted by molar-refractivity contribution is 0.340. The van der Waals surface area contributed by atoms with Gasteiger partial charge in [-0.15, -0.1) is 0 Å². The molecule has 2 rings (SSSR count). The van der Waals surface area contributed by atoms with E-state index in [1.165, 1.54) is 24.3 Å². The standard InChI is InChI=1S/C12H21N3OS/c1-9(13-2)7-11-14-12(16-15-11)8-10-3-5-17-6-4-10/h9-10,13H,3-8H2,1-2H3. The number of nitrogens with zero attached hydrogens (tertiary/aromatic N) is 2. The fourth-order valence-corrected chi connectivity index (χ4v) is 3.23. The third-order valence-electron chi connectivity index (χ3n) is 3.30. The summed E-state index contributed by atoms with van der Waals surface area (Å²) in [6, 6.07) is 0.395. The van der Waals surface area contributed by atoms with Crippen LogP contribution >= 0.6 is 11.8 Å². The van der Waals surface area contributed by atoms with Crippen LogP contribution in [0.4, 0.5) is 0 Å². The predicted octanol–water partition coefficient (Wildman–Crippen LogP) is 1.91. The Hall–Kier alpha value is -0.550. The molecule has 4 nitrogen and oxygen atoms in total. The molecule has 1 fully saturated rings. The van der Waals surface area contributed by atoms with Crippen LogP contribution in [0.1, 0.15) is 31.5 Å². The molecule has 0 aliphatic carbocycles. The number of nitrogens with one attached hydrogen (secondary N) is 1. The van der Waals surface area contributed by atoms with Gasteiger partial charge in [-0.05, 0) is 44.2 Å². The summed E-state index contributed by atoms with van der Waals surface area (Å²) in [5.41, 5.74) is 0. The maximum Gasteiger partial charge on any atom is 0.226 e. The molecule has 5 heteroatoms. The van der Waals surface area contributed by atoms with Crippen LogP contribution in [-0.2, 0) is 12.8 Å². The summed E-state index contributed by atoms with van der Waals surface area (Å²) in [6.07, 6.45) is 4.37. The molecule has 1 aromatic heterocycles. The summed E-state index contributed by atoms with van der Waals surface area (Å²) in [5, 5.41) is 7.22. The Kier molecular flexibility index (Phi) is 4.86. The Balaban J connectivity index is 1.84. The molecule has 1 aromatic rings. The summed E-state index contributed by atoms with van der Waals surface area (Å²) in [7, 11) is 1.95. The van der Waals surface area contributed by atoms with Gasteiger partial charge in [0.15, 0.2) is 5.82 Å². The van der Waals surface area contributed by atoms with E-state index < -0.39 is 0 Å². The monoisotopic (exact) mass is 255 g/mol. The Morgan fingerprint density at radius 1 is 1.47 bits per heavy atom. The van der Waals surface area contributed by atoms with Gasteiger partial charge in [-0.3, -0.25) is 0 Å². The minimum atomic E-state index is 0.395. The molecule has 1 aliphatic heterocycles. The van der Waals surface area contributed by atoms with Crippen molar-refractivity contribution in [3.05, 3.63) is 11.7 Å². The number of aromatic nitrogens is 2. The summed E-state index contributed by atoms with van der Waals surface area (Å²) in [6.45, 7) is 2.12. The zero-order valence-electron chi connectivity index (χ0n) is 10.6. The van der Waals surface area contributed by atoms with Gasteiger partial charge in [-0.1, -0.05) is 5.16 Å². The molecular formula is C12H21N3OS. The van der Waals surface area contributed by atoms with E-state index in [1.54, 1.807) is 0 Å². The van der Waals surface area contributed by atoms with Crippen LogP contribution < -0.4 is 5.32 Å². The maximum absolute atomic E-state index is 5.32. The largest absolute Gasteiger partial charge is 0.339 e. The molecule has 17 heavy (non-hydrogen) atoms. The van der Waals surface area contributed by atoms with Gasteiger partial charge in [0.05, 0.1) is 0 Å². The maximum atomic E-state index is 5.32. The Labute approximate surface area is 107 Å². The third-order valence-corrected chi connectivity index (χ3v) is 4.34. The second-order valence-electron chi connectivity index (χ2n) is 4.76. The molecule has 1 saturated heterocycles. The van der Waals surface area contributed by atoms with E-state index in [2.05, 4.69) is 34.1 Å². The SMILES string of the molecule is CNC(C)Cc1noc(CC2CCSCC2)n1. The summed E-state index contributed by atoms with van der Waals surface area (Å²) >= 11 is 2.05. The highest BCUT2D eigenvalue weighted by atomic mass is 32.2. The molecule has 1 unspecified atom stereocenters. The van der Waals surface area contributed by atoms with E-state index in [0.29, 0.717) is 6.04 Å². The summed E-state index contributed by atoms with van der Waals surface area (Å²) in [5.74, 6) is 4.95. The van der Waals surface area contributed by atoms with Crippen molar-refractivity contribution in [2.45, 2.75) is 38.6 Å². The van der Waals surface area contributed by atoms with Gasteiger partial charge < -0.3 is 9.84 Å². The van der Waals surface area contributed by atoms with Crippen LogP contribution in [0.15, 0.2) is 4.52 Å². The van der Waals surface area contributed by atoms with E-state index in [0.717, 1.165) is 30.5 Å². The van der Waals surface area contributed by atoms with Crippen molar-refractivity contribution in [3.63, 3.8) is 0 Å². The number of rotatable bonds is 5. The molecule has 96 valence electrons. The molecule has 1 atom stereocenters. The molecule has 0 aromatic carbocycles. The van der Waals surface area contributed by atoms with Crippen molar-refractivity contribution >= 4 is 11.8 Å². The lowest BCUT2D eigenvalue weighted by Crippen LogP contribution is -2.24. The van der Waals surface area contributed by atoms with Gasteiger partial charge in [0.2, 0.25) is 5.89 Å². The highest BCUT2D eigenvalue weighted by molar-refractivity contribution is 7.99. The first-order chi connectivity index (χ1) is 8.28. The minimum absolute atomic E-state index is 0.395. The molecule has 1 N–H and O–H groups in total. The van der Waals surface area contributed by atoms with Gasteiger partial charge in [0.1, 0.15) is 0 Å². The topological polar surface area (TPSA) is 51.0 Å². The summed E-state index contributed by atoms with van der Waals surface area (Å²) < 4.78 is 5.32. The molecule has 0 radical (unpaired) electrons. The van der Waals surface area contributed by atoms with Crippen molar-refractivity contribution in [2.24, 2.45) is 5.92 Å². The number of hydrogen-bond acceptors (Lipinski definition) is 5. The zero-order chi connectivity index (χ0) is 12.1. The molecule has 1 aliphatic rings. The molecule has 0 bridgehead atoms. The first kappa shape index (κ1) is 12.9. The minimum Gasteiger partial charge on any atom is -0.339 e. The Morgan fingerprint density at radius 2 is 2.24 bits per heavy atom. The summed E-state index contributed by atoms with van der Waals surface area (Å²) in [4.78, 5) is 4.47.